The van der Waals surface area contributed by atoms with E-state index in [2.05, 4.69) is 75.8 Å². The van der Waals surface area contributed by atoms with E-state index in [0.29, 0.717) is 38.8 Å². The van der Waals surface area contributed by atoms with Gasteiger partial charge in [-0.05, 0) is 112 Å². The van der Waals surface area contributed by atoms with Gasteiger partial charge in [-0.2, -0.15) is 0 Å². The molecule has 3 aliphatic rings. The molecule has 0 spiro atoms. The average molecular weight is 818 g/mol. The summed E-state index contributed by atoms with van der Waals surface area (Å²) in [7, 11) is 1.79. The molecule has 1 amide bonds. The fourth-order valence-electron chi connectivity index (χ4n) is 8.65. The second kappa shape index (κ2) is 19.2. The lowest BCUT2D eigenvalue weighted by atomic mass is 9.85. The molecule has 3 aromatic rings. The second-order valence-corrected chi connectivity index (χ2v) is 16.4. The Bertz CT molecular complexity index is 2180. The second-order valence-electron chi connectivity index (χ2n) is 16.4. The minimum absolute atomic E-state index is 0.00956. The molecular formula is C45H63N5O9. The van der Waals surface area contributed by atoms with Crippen LogP contribution in [-0.2, 0) is 25.4 Å². The van der Waals surface area contributed by atoms with Crippen LogP contribution in [0, 0.1) is 20.8 Å². The van der Waals surface area contributed by atoms with Crippen LogP contribution in [0.1, 0.15) is 122 Å². The molecular weight excluding hydrogens is 755 g/mol. The molecule has 6 heterocycles. The van der Waals surface area contributed by atoms with Crippen LogP contribution in [0.4, 0.5) is 0 Å². The maximum atomic E-state index is 13.2. The summed E-state index contributed by atoms with van der Waals surface area (Å²) in [4.78, 5) is 32.8. The normalized spacial score (nSPS) is 23.7. The number of nitrogens with one attached hydrogen (secondary N) is 2. The number of hydrogen-bond acceptors (Lipinski definition) is 11. The number of allylic oxidation sites excluding steroid dienone is 1. The Morgan fingerprint density at radius 3 is 2.36 bits per heavy atom. The van der Waals surface area contributed by atoms with Gasteiger partial charge in [-0.1, -0.05) is 13.8 Å². The summed E-state index contributed by atoms with van der Waals surface area (Å²) in [6, 6.07) is 6.41. The van der Waals surface area contributed by atoms with Gasteiger partial charge in [-0.3, -0.25) is 9.78 Å². The van der Waals surface area contributed by atoms with Crippen LogP contribution in [-0.4, -0.2) is 127 Å². The number of carbonyl (C=O) groups is 1. The number of hydrogen-bond donors (Lipinski definition) is 7. The number of aromatic nitrogens is 4. The van der Waals surface area contributed by atoms with Gasteiger partial charge in [0.05, 0.1) is 30.7 Å². The van der Waals surface area contributed by atoms with Crippen LogP contribution in [0.2, 0.25) is 0 Å². The van der Waals surface area contributed by atoms with E-state index in [1.54, 1.807) is 11.9 Å². The number of aliphatic hydroxyl groups excluding tert-OH is 5. The third-order valence-electron chi connectivity index (χ3n) is 12.4. The molecule has 0 aliphatic carbocycles. The van der Waals surface area contributed by atoms with E-state index in [0.717, 1.165) is 79.1 Å². The van der Waals surface area contributed by atoms with Gasteiger partial charge in [0.15, 0.2) is 6.29 Å². The lowest BCUT2D eigenvalue weighted by Gasteiger charge is -2.39. The number of nitrogens with zero attached hydrogens (tertiary/aromatic N) is 3. The highest BCUT2D eigenvalue weighted by Gasteiger charge is 2.44. The maximum Gasteiger partial charge on any atom is 0.222 e. The van der Waals surface area contributed by atoms with Gasteiger partial charge in [0.2, 0.25) is 5.91 Å². The van der Waals surface area contributed by atoms with Gasteiger partial charge in [0.25, 0.3) is 0 Å². The lowest BCUT2D eigenvalue weighted by Crippen LogP contribution is -2.59. The average Bonchev–Trinajstić information content (AvgIpc) is 3.92. The van der Waals surface area contributed by atoms with Gasteiger partial charge in [-0.25, -0.2) is 4.98 Å². The number of amides is 1. The Morgan fingerprint density at radius 2 is 1.64 bits per heavy atom. The summed E-state index contributed by atoms with van der Waals surface area (Å²) in [5, 5.41) is 49.4. The van der Waals surface area contributed by atoms with Crippen LogP contribution in [0.15, 0.2) is 18.2 Å². The van der Waals surface area contributed by atoms with Crippen LogP contribution >= 0.6 is 0 Å². The first-order valence-electron chi connectivity index (χ1n) is 21.0. The molecule has 0 saturated carbocycles. The molecule has 3 aromatic heterocycles. The summed E-state index contributed by atoms with van der Waals surface area (Å²) in [6.45, 7) is 15.2. The molecule has 6 rings (SSSR count). The fourth-order valence-corrected chi connectivity index (χ4v) is 8.65. The third-order valence-corrected chi connectivity index (χ3v) is 12.4. The summed E-state index contributed by atoms with van der Waals surface area (Å²) < 4.78 is 17.6. The molecule has 14 nitrogen and oxygen atoms in total. The molecule has 8 atom stereocenters. The van der Waals surface area contributed by atoms with Crippen molar-refractivity contribution in [2.75, 3.05) is 40.0 Å². The van der Waals surface area contributed by atoms with Crippen LogP contribution in [0.25, 0.3) is 33.7 Å². The lowest BCUT2D eigenvalue weighted by molar-refractivity contribution is -0.301. The van der Waals surface area contributed by atoms with Gasteiger partial charge < -0.3 is 54.6 Å². The van der Waals surface area contributed by atoms with E-state index in [9.17, 15) is 30.3 Å². The standard InChI is InChI=1S/C45H63N5O9/c1-9-29-24(3)33-21-37-40(28(7)57-16-11-17-58-45-44(56)43(55)42(54)38(22-52)59-45)26(5)35(48-37)20-34-25(4)30(12-13-39(53)50(8)14-10-15-51)41(49-34)27(6)32-18-23(2)31(46-32)19-36(29)47-33/h18-21,25,28,30,38,42-45,47-48,51-52,54-56H,9-17,22H2,1-8H3/t25-,28?,30-,38+,42+,43-,44+,45+/m0/s1. The summed E-state index contributed by atoms with van der Waals surface area (Å²) in [5.74, 6) is 0.0538. The monoisotopic (exact) mass is 817 g/mol. The topological polar surface area (TPSA) is 207 Å². The Labute approximate surface area is 346 Å². The number of carbonyl (C=O) groups excluding carboxylic acids is 1. The van der Waals surface area contributed by atoms with Crippen LogP contribution in [0.5, 0.6) is 0 Å². The molecule has 1 unspecified atom stereocenters. The SMILES string of the molecule is CCc1c(C)c2cc3[nH]c(cc4nc(c(C)c5nc(cc1[nH]2)C(C)=C5)[C@@H](CCC(=O)N(C)CCCO)[C@@H]4C)c(C)c3C(C)OCCCO[C@@H]1O[C@H](CO)[C@@H](O)[C@H](O)[C@H]1O. The maximum absolute atomic E-state index is 13.2. The van der Waals surface area contributed by atoms with E-state index < -0.39 is 37.3 Å². The van der Waals surface area contributed by atoms with E-state index in [1.165, 1.54) is 5.56 Å². The molecule has 0 radical (unpaired) electrons. The van der Waals surface area contributed by atoms with Crippen molar-refractivity contribution in [3.8, 4) is 0 Å². The number of aryl methyl sites for hydroxylation is 3. The first-order chi connectivity index (χ1) is 28.2. The number of aliphatic hydroxyl groups is 5. The number of aromatic amines is 2. The van der Waals surface area contributed by atoms with Crippen molar-refractivity contribution in [3.63, 3.8) is 0 Å². The van der Waals surface area contributed by atoms with Crippen molar-refractivity contribution >= 4 is 39.6 Å². The van der Waals surface area contributed by atoms with Gasteiger partial charge in [-0.15, -0.1) is 0 Å². The fraction of sp³-hybridized carbons (Fsp3) is 0.578. The Morgan fingerprint density at radius 1 is 0.915 bits per heavy atom. The first kappa shape index (κ1) is 44.6. The van der Waals surface area contributed by atoms with Gasteiger partial charge >= 0.3 is 0 Å². The number of fused-ring (bicyclic) bond motifs is 8. The minimum atomic E-state index is -1.50. The van der Waals surface area contributed by atoms with E-state index in [-0.39, 0.29) is 37.1 Å². The van der Waals surface area contributed by atoms with Crippen LogP contribution < -0.4 is 0 Å². The molecule has 1 fully saturated rings. The zero-order valence-electron chi connectivity index (χ0n) is 35.7. The van der Waals surface area contributed by atoms with Crippen molar-refractivity contribution in [2.24, 2.45) is 0 Å². The molecule has 8 bridgehead atoms. The third kappa shape index (κ3) is 9.35. The largest absolute Gasteiger partial charge is 0.396 e. The van der Waals surface area contributed by atoms with Crippen molar-refractivity contribution in [2.45, 2.75) is 129 Å². The summed E-state index contributed by atoms with van der Waals surface area (Å²) in [5.41, 5.74) is 13.9. The minimum Gasteiger partial charge on any atom is -0.396 e. The predicted molar refractivity (Wildman–Crippen MR) is 227 cm³/mol. The van der Waals surface area contributed by atoms with E-state index in [1.807, 2.05) is 6.92 Å². The summed E-state index contributed by atoms with van der Waals surface area (Å²) >= 11 is 0. The van der Waals surface area contributed by atoms with Gasteiger partial charge in [0.1, 0.15) is 24.4 Å². The molecule has 1 saturated heterocycles. The molecule has 3 aliphatic heterocycles. The molecule has 59 heavy (non-hydrogen) atoms. The highest BCUT2D eigenvalue weighted by atomic mass is 16.7. The summed E-state index contributed by atoms with van der Waals surface area (Å²) in [6.07, 6.45) is -2.04. The zero-order valence-corrected chi connectivity index (χ0v) is 35.7. The number of ether oxygens (including phenoxy) is 3. The molecule has 7 N–H and O–H groups in total. The van der Waals surface area contributed by atoms with E-state index >= 15 is 0 Å². The number of rotatable bonds is 15. The predicted octanol–water partition coefficient (Wildman–Crippen LogP) is 5.16. The molecule has 14 heteroatoms. The van der Waals surface area contributed by atoms with Crippen molar-refractivity contribution in [3.05, 3.63) is 68.8 Å². The van der Waals surface area contributed by atoms with E-state index in [4.69, 9.17) is 24.2 Å². The van der Waals surface area contributed by atoms with Gasteiger partial charge in [0, 0.05) is 84.1 Å². The zero-order chi connectivity index (χ0) is 42.7. The molecule has 322 valence electrons. The highest BCUT2D eigenvalue weighted by molar-refractivity contribution is 5.85. The molecule has 0 aromatic carbocycles. The van der Waals surface area contributed by atoms with Crippen molar-refractivity contribution in [1.82, 2.24) is 24.8 Å². The first-order valence-corrected chi connectivity index (χ1v) is 21.0. The Hall–Kier alpha value is -3.99. The van der Waals surface area contributed by atoms with Crippen molar-refractivity contribution in [1.29, 1.82) is 0 Å². The Balaban J connectivity index is 1.38. The Kier molecular flexibility index (Phi) is 14.5. The smallest absolute Gasteiger partial charge is 0.222 e. The van der Waals surface area contributed by atoms with Crippen LogP contribution in [0.3, 0.4) is 0 Å². The quantitative estimate of drug-likeness (QED) is 0.0999. The number of H-pyrrole nitrogens is 2. The highest BCUT2D eigenvalue weighted by Crippen LogP contribution is 2.42. The van der Waals surface area contributed by atoms with Crippen molar-refractivity contribution < 1.29 is 44.5 Å².